The highest BCUT2D eigenvalue weighted by atomic mass is 16.8. The maximum Gasteiger partial charge on any atom is 0.514 e. The van der Waals surface area contributed by atoms with E-state index in [-0.39, 0.29) is 84.6 Å². The lowest BCUT2D eigenvalue weighted by atomic mass is 9.94. The van der Waals surface area contributed by atoms with E-state index >= 15 is 0 Å². The van der Waals surface area contributed by atoms with Crippen molar-refractivity contribution in [2.24, 2.45) is 11.8 Å². The molecule has 0 radical (unpaired) electrons. The van der Waals surface area contributed by atoms with Crippen LogP contribution in [-0.4, -0.2) is 49.0 Å². The van der Waals surface area contributed by atoms with Gasteiger partial charge in [-0.15, -0.1) is 0 Å². The maximum absolute atomic E-state index is 12.9. The summed E-state index contributed by atoms with van der Waals surface area (Å²) < 4.78 is 48.8. The number of hydrogen-bond donors (Lipinski definition) is 1. The van der Waals surface area contributed by atoms with E-state index in [9.17, 15) is 24.3 Å². The molecule has 0 aromatic heterocycles. The van der Waals surface area contributed by atoms with Gasteiger partial charge in [0.1, 0.15) is 36.6 Å². The Bertz CT molecular complexity index is 1930. The number of aliphatic hydroxyl groups excluding tert-OH is 1. The fourth-order valence-electron chi connectivity index (χ4n) is 5.13. The molecule has 0 saturated carbocycles. The predicted octanol–water partition coefficient (Wildman–Crippen LogP) is 8.50. The van der Waals surface area contributed by atoms with Gasteiger partial charge in [-0.2, -0.15) is 0 Å². The van der Waals surface area contributed by atoms with E-state index in [1.54, 1.807) is 48.5 Å². The molecule has 14 nitrogen and oxygen atoms in total. The predicted molar refractivity (Wildman–Crippen MR) is 194 cm³/mol. The van der Waals surface area contributed by atoms with E-state index in [2.05, 4.69) is 0 Å². The average Bonchev–Trinajstić information content (AvgIpc) is 3.16. The van der Waals surface area contributed by atoms with E-state index in [0.717, 1.165) is 5.56 Å². The Hall–Kier alpha value is -6.28. The van der Waals surface area contributed by atoms with Gasteiger partial charge in [-0.25, -0.2) is 19.2 Å². The molecule has 0 spiro atoms. The molecule has 4 aromatic carbocycles. The van der Waals surface area contributed by atoms with Crippen molar-refractivity contribution in [2.75, 3.05) is 13.2 Å². The molecule has 14 heteroatoms. The molecule has 1 aliphatic rings. The van der Waals surface area contributed by atoms with Crippen molar-refractivity contribution in [3.8, 4) is 28.7 Å². The smallest absolute Gasteiger partial charge is 0.482 e. The fourth-order valence-corrected chi connectivity index (χ4v) is 5.13. The lowest BCUT2D eigenvalue weighted by Gasteiger charge is -2.32. The van der Waals surface area contributed by atoms with Crippen LogP contribution in [0.2, 0.25) is 0 Å². The van der Waals surface area contributed by atoms with Gasteiger partial charge in [0.2, 0.25) is 0 Å². The average molecular weight is 759 g/mol. The van der Waals surface area contributed by atoms with Gasteiger partial charge in [-0.05, 0) is 40.7 Å². The summed E-state index contributed by atoms with van der Waals surface area (Å²) in [5.41, 5.74) is 2.01. The first-order valence-corrected chi connectivity index (χ1v) is 17.5. The fraction of sp³-hybridized carbons (Fsp3) is 0.317. The van der Waals surface area contributed by atoms with Gasteiger partial charge < -0.3 is 47.7 Å². The summed E-state index contributed by atoms with van der Waals surface area (Å²) in [5.74, 6) is -0.380. The quantitative estimate of drug-likeness (QED) is 0.0781. The van der Waals surface area contributed by atoms with Crippen LogP contribution < -0.4 is 23.7 Å². The second-order valence-electron chi connectivity index (χ2n) is 13.3. The highest BCUT2D eigenvalue weighted by Gasteiger charge is 2.34. The molecular weight excluding hydrogens is 716 g/mol. The van der Waals surface area contributed by atoms with Gasteiger partial charge in [0.05, 0.1) is 19.3 Å². The molecule has 5 rings (SSSR count). The highest BCUT2D eigenvalue weighted by Crippen LogP contribution is 2.44. The number of benzene rings is 4. The summed E-state index contributed by atoms with van der Waals surface area (Å²) in [6.45, 7) is 7.47. The molecule has 55 heavy (non-hydrogen) atoms. The topological polar surface area (TPSA) is 172 Å². The van der Waals surface area contributed by atoms with Crippen LogP contribution in [0.25, 0.3) is 0 Å². The third-order valence-corrected chi connectivity index (χ3v) is 7.70. The first kappa shape index (κ1) is 39.9. The standard InChI is InChI=1S/C41H42O14/c1-25(2)21-47-38(43)51-30-18-34-31(35(19-30)54-39(44)48-22-26(3)4)20-32(42)37(52-34)29-15-16-33(53-40(45)49-23-27-11-7-5-8-12-27)36(17-29)55-41(46)50-24-28-13-9-6-10-14-28/h5-19,25-26,32,37,42H,20-24H2,1-4H3/t32-,37-/m1/s1. The van der Waals surface area contributed by atoms with E-state index in [1.165, 1.54) is 30.3 Å². The molecule has 1 aliphatic heterocycles. The Labute approximate surface area is 317 Å². The van der Waals surface area contributed by atoms with E-state index in [4.69, 9.17) is 42.6 Å². The van der Waals surface area contributed by atoms with Crippen LogP contribution in [0.5, 0.6) is 28.7 Å². The zero-order chi connectivity index (χ0) is 39.3. The van der Waals surface area contributed by atoms with Gasteiger partial charge in [0.25, 0.3) is 0 Å². The zero-order valence-corrected chi connectivity index (χ0v) is 30.8. The Balaban J connectivity index is 1.41. The minimum Gasteiger partial charge on any atom is -0.482 e. The number of carbonyl (C=O) groups excluding carboxylic acids is 4. The third kappa shape index (κ3) is 12.1. The van der Waals surface area contributed by atoms with Gasteiger partial charge >= 0.3 is 24.6 Å². The van der Waals surface area contributed by atoms with Crippen LogP contribution in [0.1, 0.15) is 56.1 Å². The molecule has 0 aliphatic carbocycles. The molecule has 290 valence electrons. The molecule has 4 aromatic rings. The normalized spacial score (nSPS) is 14.5. The summed E-state index contributed by atoms with van der Waals surface area (Å²) in [7, 11) is 0. The first-order valence-electron chi connectivity index (χ1n) is 17.5. The van der Waals surface area contributed by atoms with Gasteiger partial charge in [0.15, 0.2) is 11.5 Å². The van der Waals surface area contributed by atoms with Crippen LogP contribution in [0, 0.1) is 11.8 Å². The minimum absolute atomic E-state index is 0.0362. The number of fused-ring (bicyclic) bond motifs is 1. The van der Waals surface area contributed by atoms with Crippen LogP contribution in [0.4, 0.5) is 19.2 Å². The van der Waals surface area contributed by atoms with Gasteiger partial charge in [-0.1, -0.05) is 94.4 Å². The number of rotatable bonds is 13. The minimum atomic E-state index is -1.25. The van der Waals surface area contributed by atoms with E-state index in [0.29, 0.717) is 5.56 Å². The number of carbonyl (C=O) groups is 4. The molecular formula is C41H42O14. The summed E-state index contributed by atoms with van der Waals surface area (Å²) in [5, 5.41) is 11.4. The summed E-state index contributed by atoms with van der Waals surface area (Å²) >= 11 is 0. The van der Waals surface area contributed by atoms with Crippen LogP contribution in [0.3, 0.4) is 0 Å². The van der Waals surface area contributed by atoms with Crippen molar-refractivity contribution in [1.82, 2.24) is 0 Å². The molecule has 0 amide bonds. The number of ether oxygens (including phenoxy) is 9. The Kier molecular flexibility index (Phi) is 13.9. The highest BCUT2D eigenvalue weighted by molar-refractivity contribution is 5.70. The van der Waals surface area contributed by atoms with Crippen molar-refractivity contribution in [2.45, 2.75) is 59.5 Å². The third-order valence-electron chi connectivity index (χ3n) is 7.70. The number of hydrogen-bond acceptors (Lipinski definition) is 14. The van der Waals surface area contributed by atoms with Crippen molar-refractivity contribution >= 4 is 24.6 Å². The molecule has 1 N–H and O–H groups in total. The molecule has 1 heterocycles. The first-order chi connectivity index (χ1) is 26.4. The summed E-state index contributed by atoms with van der Waals surface area (Å²) in [4.78, 5) is 50.6. The van der Waals surface area contributed by atoms with Crippen LogP contribution >= 0.6 is 0 Å². The van der Waals surface area contributed by atoms with E-state index < -0.39 is 36.8 Å². The molecule has 0 bridgehead atoms. The second kappa shape index (κ2) is 19.2. The lowest BCUT2D eigenvalue weighted by Crippen LogP contribution is -2.31. The van der Waals surface area contributed by atoms with Crippen molar-refractivity contribution in [3.05, 3.63) is 113 Å². The van der Waals surface area contributed by atoms with Crippen molar-refractivity contribution in [1.29, 1.82) is 0 Å². The van der Waals surface area contributed by atoms with Crippen LogP contribution in [-0.2, 0) is 38.6 Å². The monoisotopic (exact) mass is 758 g/mol. The Morgan fingerprint density at radius 1 is 0.618 bits per heavy atom. The van der Waals surface area contributed by atoms with Crippen molar-refractivity contribution in [3.63, 3.8) is 0 Å². The summed E-state index contributed by atoms with van der Waals surface area (Å²) in [6.07, 6.45) is -6.62. The molecule has 2 atom stereocenters. The molecule has 0 fully saturated rings. The second-order valence-corrected chi connectivity index (χ2v) is 13.3. The van der Waals surface area contributed by atoms with Crippen molar-refractivity contribution < 1.29 is 66.9 Å². The largest absolute Gasteiger partial charge is 0.514 e. The zero-order valence-electron chi connectivity index (χ0n) is 30.8. The number of aliphatic hydroxyl groups is 1. The van der Waals surface area contributed by atoms with Gasteiger partial charge in [-0.3, -0.25) is 0 Å². The lowest BCUT2D eigenvalue weighted by molar-refractivity contribution is 0.0189. The maximum atomic E-state index is 12.9. The van der Waals surface area contributed by atoms with E-state index in [1.807, 2.05) is 39.8 Å². The van der Waals surface area contributed by atoms with Gasteiger partial charge in [0, 0.05) is 24.1 Å². The Morgan fingerprint density at radius 3 is 1.69 bits per heavy atom. The molecule has 0 saturated heterocycles. The molecule has 0 unspecified atom stereocenters. The SMILES string of the molecule is CC(C)COC(=O)Oc1cc(OC(=O)OCC(C)C)c2c(c1)O[C@H](c1ccc(OC(=O)OCc3ccccc3)c(OC(=O)OCc3ccccc3)c1)[C@H](O)C2. The van der Waals surface area contributed by atoms with Crippen LogP contribution in [0.15, 0.2) is 91.0 Å². The Morgan fingerprint density at radius 2 is 1.13 bits per heavy atom. The summed E-state index contributed by atoms with van der Waals surface area (Å²) in [6, 6.07) is 24.7.